The Labute approximate surface area is 164 Å². The number of hydrogen-bond donors (Lipinski definition) is 2. The Morgan fingerprint density at radius 3 is 2.36 bits per heavy atom. The SMILES string of the molecule is O=C(O)c1ccccc1NC(C(=O)O[C@H]1CN2CCC1CC2)c1ccccc1. The summed E-state index contributed by atoms with van der Waals surface area (Å²) in [7, 11) is 0. The molecule has 2 aromatic rings. The number of esters is 1. The second-order valence-electron chi connectivity index (χ2n) is 7.45. The van der Waals surface area contributed by atoms with Crippen molar-refractivity contribution in [2.45, 2.75) is 25.0 Å². The summed E-state index contributed by atoms with van der Waals surface area (Å²) in [5, 5.41) is 12.6. The summed E-state index contributed by atoms with van der Waals surface area (Å²) in [6.07, 6.45) is 2.02. The van der Waals surface area contributed by atoms with Crippen LogP contribution in [0.25, 0.3) is 0 Å². The number of carboxylic acid groups (broad SMARTS) is 1. The van der Waals surface area contributed by atoms with E-state index >= 15 is 0 Å². The summed E-state index contributed by atoms with van der Waals surface area (Å²) in [6, 6.07) is 15.1. The van der Waals surface area contributed by atoms with Gasteiger partial charge in [-0.1, -0.05) is 42.5 Å². The average molecular weight is 380 g/mol. The number of carboxylic acids is 1. The van der Waals surface area contributed by atoms with Gasteiger partial charge in [0.25, 0.3) is 0 Å². The van der Waals surface area contributed by atoms with Gasteiger partial charge in [0.05, 0.1) is 5.56 Å². The number of ether oxygens (including phenoxy) is 1. The highest BCUT2D eigenvalue weighted by Crippen LogP contribution is 2.31. The van der Waals surface area contributed by atoms with Crippen LogP contribution in [-0.2, 0) is 9.53 Å². The Balaban J connectivity index is 1.58. The zero-order valence-electron chi connectivity index (χ0n) is 15.6. The highest BCUT2D eigenvalue weighted by atomic mass is 16.5. The number of carbonyl (C=O) groups excluding carboxylic acids is 1. The minimum atomic E-state index is -1.04. The molecular weight excluding hydrogens is 356 g/mol. The summed E-state index contributed by atoms with van der Waals surface area (Å²) in [5.74, 6) is -0.998. The largest absolute Gasteiger partial charge is 0.478 e. The Morgan fingerprint density at radius 1 is 1.04 bits per heavy atom. The molecule has 0 aliphatic carbocycles. The lowest BCUT2D eigenvalue weighted by atomic mass is 9.86. The van der Waals surface area contributed by atoms with E-state index in [-0.39, 0.29) is 17.6 Å². The van der Waals surface area contributed by atoms with Crippen molar-refractivity contribution < 1.29 is 19.4 Å². The van der Waals surface area contributed by atoms with Crippen LogP contribution in [0.5, 0.6) is 0 Å². The molecule has 2 aromatic carbocycles. The van der Waals surface area contributed by atoms with Gasteiger partial charge >= 0.3 is 11.9 Å². The number of rotatable bonds is 6. The van der Waals surface area contributed by atoms with Crippen molar-refractivity contribution in [3.05, 3.63) is 65.7 Å². The van der Waals surface area contributed by atoms with E-state index in [9.17, 15) is 14.7 Å². The maximum atomic E-state index is 13.1. The maximum absolute atomic E-state index is 13.1. The topological polar surface area (TPSA) is 78.9 Å². The van der Waals surface area contributed by atoms with Crippen molar-refractivity contribution in [1.82, 2.24) is 4.90 Å². The molecule has 0 saturated carbocycles. The number of nitrogens with zero attached hydrogens (tertiary/aromatic N) is 1. The fourth-order valence-electron chi connectivity index (χ4n) is 4.14. The lowest BCUT2D eigenvalue weighted by Crippen LogP contribution is -2.52. The quantitative estimate of drug-likeness (QED) is 0.750. The van der Waals surface area contributed by atoms with Gasteiger partial charge in [-0.2, -0.15) is 0 Å². The van der Waals surface area contributed by atoms with Crippen molar-refractivity contribution in [3.63, 3.8) is 0 Å². The second kappa shape index (κ2) is 8.02. The predicted octanol–water partition coefficient (Wildman–Crippen LogP) is 3.18. The number of benzene rings is 2. The van der Waals surface area contributed by atoms with E-state index in [0.717, 1.165) is 38.0 Å². The summed E-state index contributed by atoms with van der Waals surface area (Å²) in [4.78, 5) is 27.0. The van der Waals surface area contributed by atoms with E-state index in [0.29, 0.717) is 11.6 Å². The van der Waals surface area contributed by atoms with Gasteiger partial charge in [0, 0.05) is 12.2 Å². The fraction of sp³-hybridized carbons (Fsp3) is 0.364. The zero-order valence-corrected chi connectivity index (χ0v) is 15.6. The third-order valence-corrected chi connectivity index (χ3v) is 5.69. The summed E-state index contributed by atoms with van der Waals surface area (Å²) in [5.41, 5.74) is 1.27. The van der Waals surface area contributed by atoms with Crippen LogP contribution in [0.4, 0.5) is 5.69 Å². The van der Waals surface area contributed by atoms with Gasteiger partial charge in [0.1, 0.15) is 6.10 Å². The molecule has 146 valence electrons. The highest BCUT2D eigenvalue weighted by Gasteiger charge is 2.38. The van der Waals surface area contributed by atoms with Gasteiger partial charge in [0.15, 0.2) is 6.04 Å². The normalized spacial score (nSPS) is 24.4. The van der Waals surface area contributed by atoms with Crippen LogP contribution in [-0.4, -0.2) is 47.7 Å². The number of piperidine rings is 3. The zero-order chi connectivity index (χ0) is 19.5. The van der Waals surface area contributed by atoms with Crippen LogP contribution >= 0.6 is 0 Å². The number of aromatic carboxylic acids is 1. The molecule has 3 heterocycles. The number of anilines is 1. The van der Waals surface area contributed by atoms with E-state index in [1.807, 2.05) is 30.3 Å². The second-order valence-corrected chi connectivity index (χ2v) is 7.45. The summed E-state index contributed by atoms with van der Waals surface area (Å²) in [6.45, 7) is 2.93. The van der Waals surface area contributed by atoms with Gasteiger partial charge in [-0.05, 0) is 49.5 Å². The number of nitrogens with one attached hydrogen (secondary N) is 1. The molecule has 2 N–H and O–H groups in total. The van der Waals surface area contributed by atoms with Crippen LogP contribution in [0.15, 0.2) is 54.6 Å². The van der Waals surface area contributed by atoms with Crippen molar-refractivity contribution in [2.24, 2.45) is 5.92 Å². The molecule has 28 heavy (non-hydrogen) atoms. The van der Waals surface area contributed by atoms with Crippen LogP contribution in [0.3, 0.4) is 0 Å². The van der Waals surface area contributed by atoms with E-state index < -0.39 is 12.0 Å². The average Bonchev–Trinajstić information content (AvgIpc) is 2.73. The minimum Gasteiger partial charge on any atom is -0.478 e. The molecule has 0 radical (unpaired) electrons. The van der Waals surface area contributed by atoms with Crippen molar-refractivity contribution in [1.29, 1.82) is 0 Å². The molecule has 1 unspecified atom stereocenters. The van der Waals surface area contributed by atoms with Crippen LogP contribution in [0, 0.1) is 5.92 Å². The Hall–Kier alpha value is -2.86. The van der Waals surface area contributed by atoms with E-state index in [4.69, 9.17) is 4.74 Å². The fourth-order valence-corrected chi connectivity index (χ4v) is 4.14. The molecule has 6 heteroatoms. The Bertz CT molecular complexity index is 847. The van der Waals surface area contributed by atoms with E-state index in [2.05, 4.69) is 10.2 Å². The van der Waals surface area contributed by atoms with Crippen LogP contribution in [0.1, 0.15) is 34.8 Å². The predicted molar refractivity (Wildman–Crippen MR) is 105 cm³/mol. The minimum absolute atomic E-state index is 0.0993. The Morgan fingerprint density at radius 2 is 1.71 bits per heavy atom. The molecule has 3 saturated heterocycles. The lowest BCUT2D eigenvalue weighted by molar-refractivity contribution is -0.159. The smallest absolute Gasteiger partial charge is 0.337 e. The maximum Gasteiger partial charge on any atom is 0.337 e. The molecule has 0 spiro atoms. The van der Waals surface area contributed by atoms with Gasteiger partial charge in [-0.25, -0.2) is 9.59 Å². The van der Waals surface area contributed by atoms with Gasteiger partial charge in [-0.15, -0.1) is 0 Å². The van der Waals surface area contributed by atoms with E-state index in [1.54, 1.807) is 18.2 Å². The standard InChI is InChI=1S/C22H24N2O4/c25-21(26)17-8-4-5-9-18(17)23-20(16-6-2-1-3-7-16)22(27)28-19-14-24-12-10-15(19)11-13-24/h1-9,15,19-20,23H,10-14H2,(H,25,26)/t19-,20?/m0/s1. The summed E-state index contributed by atoms with van der Waals surface area (Å²) < 4.78 is 5.92. The van der Waals surface area contributed by atoms with E-state index in [1.165, 1.54) is 6.07 Å². The first-order valence-corrected chi connectivity index (χ1v) is 9.68. The molecule has 0 aromatic heterocycles. The molecule has 3 aliphatic rings. The summed E-state index contributed by atoms with van der Waals surface area (Å²) >= 11 is 0. The number of hydrogen-bond acceptors (Lipinski definition) is 5. The first-order valence-electron chi connectivity index (χ1n) is 9.68. The third kappa shape index (κ3) is 3.87. The van der Waals surface area contributed by atoms with Crippen molar-refractivity contribution in [2.75, 3.05) is 25.0 Å². The van der Waals surface area contributed by atoms with Crippen LogP contribution in [0.2, 0.25) is 0 Å². The molecule has 0 amide bonds. The van der Waals surface area contributed by atoms with Gasteiger partial charge in [0.2, 0.25) is 0 Å². The first kappa shape index (κ1) is 18.5. The highest BCUT2D eigenvalue weighted by molar-refractivity contribution is 5.95. The Kier molecular flexibility index (Phi) is 5.30. The van der Waals surface area contributed by atoms with Crippen LogP contribution < -0.4 is 5.32 Å². The van der Waals surface area contributed by atoms with Crippen molar-refractivity contribution in [3.8, 4) is 0 Å². The molecule has 2 atom stereocenters. The molecule has 3 aliphatic heterocycles. The number of carbonyl (C=O) groups is 2. The monoisotopic (exact) mass is 380 g/mol. The number of para-hydroxylation sites is 1. The first-order chi connectivity index (χ1) is 13.6. The number of fused-ring (bicyclic) bond motifs is 3. The van der Waals surface area contributed by atoms with Crippen molar-refractivity contribution >= 4 is 17.6 Å². The third-order valence-electron chi connectivity index (χ3n) is 5.69. The molecular formula is C22H24N2O4. The molecule has 3 fully saturated rings. The van der Waals surface area contributed by atoms with Gasteiger partial charge in [-0.3, -0.25) is 4.90 Å². The lowest BCUT2D eigenvalue weighted by Gasteiger charge is -2.44. The van der Waals surface area contributed by atoms with Gasteiger partial charge < -0.3 is 15.2 Å². The molecule has 2 bridgehead atoms. The molecule has 6 nitrogen and oxygen atoms in total. The molecule has 5 rings (SSSR count).